The van der Waals surface area contributed by atoms with E-state index < -0.39 is 41.3 Å². The molecule has 3 fully saturated rings. The van der Waals surface area contributed by atoms with Crippen molar-refractivity contribution >= 4 is 45.5 Å². The van der Waals surface area contributed by atoms with Gasteiger partial charge in [0.15, 0.2) is 0 Å². The van der Waals surface area contributed by atoms with Crippen molar-refractivity contribution in [3.8, 4) is 6.07 Å². The predicted octanol–water partition coefficient (Wildman–Crippen LogP) is 4.44. The number of nitrogens with one attached hydrogen (secondary N) is 2. The molecule has 2 aliphatic heterocycles. The Morgan fingerprint density at radius 2 is 1.87 bits per heavy atom. The van der Waals surface area contributed by atoms with E-state index in [0.29, 0.717) is 41.0 Å². The number of aryl methyl sites for hydroxylation is 1. The van der Waals surface area contributed by atoms with Crippen LogP contribution in [0.15, 0.2) is 59.7 Å². The highest BCUT2D eigenvalue weighted by Gasteiger charge is 2.47. The summed E-state index contributed by atoms with van der Waals surface area (Å²) in [6.07, 6.45) is 7.47. The molecule has 4 aromatic heterocycles. The van der Waals surface area contributed by atoms with Gasteiger partial charge in [0.25, 0.3) is 11.8 Å². The number of piperidine rings is 2. The molecule has 1 aliphatic carbocycles. The molecule has 16 heteroatoms. The number of nitriles is 1. The highest BCUT2D eigenvalue weighted by Crippen LogP contribution is 2.44. The number of aromatic nitrogens is 6. The number of hydrogen-bond donors (Lipinski definition) is 2. The highest BCUT2D eigenvalue weighted by molar-refractivity contribution is 6.03. The van der Waals surface area contributed by atoms with Gasteiger partial charge in [0.05, 0.1) is 35.7 Å². The molecule has 1 saturated carbocycles. The SMILES string of the molecule is Cn1c(=O)n(C2CCC(=O)NC2=O)c2cccc(C3CCN(CC4CCC(n5cc6cc(NC(=O)c7cccc(C#N)n7)ncc6n5)CC4)CC3(F)F)c21. The zero-order valence-corrected chi connectivity index (χ0v) is 29.5. The molecule has 8 rings (SSSR count). The van der Waals surface area contributed by atoms with Gasteiger partial charge in [0.1, 0.15) is 34.8 Å². The normalized spacial score (nSPS) is 23.3. The molecule has 0 spiro atoms. The zero-order valence-electron chi connectivity index (χ0n) is 29.5. The van der Waals surface area contributed by atoms with Gasteiger partial charge in [0, 0.05) is 31.6 Å². The van der Waals surface area contributed by atoms with Crippen molar-refractivity contribution in [2.24, 2.45) is 13.0 Å². The van der Waals surface area contributed by atoms with Crippen LogP contribution in [0.1, 0.15) is 84.7 Å². The number of alkyl halides is 2. The number of imidazole rings is 1. The van der Waals surface area contributed by atoms with Gasteiger partial charge < -0.3 is 5.32 Å². The van der Waals surface area contributed by atoms with E-state index in [1.807, 2.05) is 21.8 Å². The molecule has 2 atom stereocenters. The number of carbonyl (C=O) groups excluding carboxylic acids is 3. The van der Waals surface area contributed by atoms with Gasteiger partial charge >= 0.3 is 5.69 Å². The van der Waals surface area contributed by atoms with Gasteiger partial charge in [-0.3, -0.25) is 38.4 Å². The minimum atomic E-state index is -3.05. The number of rotatable bonds is 7. The molecule has 0 bridgehead atoms. The van der Waals surface area contributed by atoms with Gasteiger partial charge in [-0.05, 0) is 80.8 Å². The molecular formula is C38H38F2N10O4. The Hall–Kier alpha value is -5.82. The van der Waals surface area contributed by atoms with Crippen molar-refractivity contribution < 1.29 is 23.2 Å². The molecular weight excluding hydrogens is 698 g/mol. The number of imide groups is 1. The van der Waals surface area contributed by atoms with E-state index in [4.69, 9.17) is 10.4 Å². The van der Waals surface area contributed by atoms with Crippen LogP contribution in [0.4, 0.5) is 14.6 Å². The summed E-state index contributed by atoms with van der Waals surface area (Å²) in [6.45, 7) is 0.685. The molecule has 5 aromatic rings. The summed E-state index contributed by atoms with van der Waals surface area (Å²) in [4.78, 5) is 60.7. The molecule has 0 radical (unpaired) electrons. The smallest absolute Gasteiger partial charge is 0.305 e. The Bertz CT molecular complexity index is 2400. The third-order valence-electron chi connectivity index (χ3n) is 11.2. The summed E-state index contributed by atoms with van der Waals surface area (Å²) in [5.41, 5.74) is 1.66. The topological polar surface area (TPSA) is 173 Å². The van der Waals surface area contributed by atoms with Crippen LogP contribution in [-0.4, -0.2) is 77.1 Å². The minimum Gasteiger partial charge on any atom is -0.305 e. The molecule has 278 valence electrons. The maximum Gasteiger partial charge on any atom is 0.329 e. The summed E-state index contributed by atoms with van der Waals surface area (Å²) in [5.74, 6) is -4.97. The number of carbonyl (C=O) groups is 3. The van der Waals surface area contributed by atoms with Crippen LogP contribution in [0, 0.1) is 17.2 Å². The largest absolute Gasteiger partial charge is 0.329 e. The molecule has 2 N–H and O–H groups in total. The second-order valence-corrected chi connectivity index (χ2v) is 14.6. The second kappa shape index (κ2) is 13.9. The van der Waals surface area contributed by atoms with Gasteiger partial charge in [-0.15, -0.1) is 0 Å². The number of benzene rings is 1. The van der Waals surface area contributed by atoms with Crippen LogP contribution in [0.3, 0.4) is 0 Å². The monoisotopic (exact) mass is 736 g/mol. The molecule has 6 heterocycles. The molecule has 2 saturated heterocycles. The number of likely N-dealkylation sites (tertiary alicyclic amines) is 1. The fraction of sp³-hybridized carbons (Fsp3) is 0.421. The molecule has 3 amide bonds. The lowest BCUT2D eigenvalue weighted by atomic mass is 9.83. The zero-order chi connectivity index (χ0) is 37.7. The first-order valence-corrected chi connectivity index (χ1v) is 18.2. The van der Waals surface area contributed by atoms with E-state index in [9.17, 15) is 19.2 Å². The summed E-state index contributed by atoms with van der Waals surface area (Å²) in [6, 6.07) is 12.6. The molecule has 14 nitrogen and oxygen atoms in total. The molecule has 2 unspecified atom stereocenters. The molecule has 1 aromatic carbocycles. The third-order valence-corrected chi connectivity index (χ3v) is 11.2. The Morgan fingerprint density at radius 1 is 1.07 bits per heavy atom. The van der Waals surface area contributed by atoms with E-state index in [1.54, 1.807) is 36.5 Å². The van der Waals surface area contributed by atoms with Gasteiger partial charge in [-0.1, -0.05) is 18.2 Å². The van der Waals surface area contributed by atoms with E-state index >= 15 is 8.78 Å². The van der Waals surface area contributed by atoms with Crippen molar-refractivity contribution in [3.63, 3.8) is 0 Å². The summed E-state index contributed by atoms with van der Waals surface area (Å²) in [5, 5.41) is 19.6. The standard InChI is InChI=1S/C38H38F2N10O4/c1-47-34-26(5-3-7-30(34)50(37(47)54)31-12-13-33(51)45-36(31)53)27-14-15-48(21-38(27,39)40)19-22-8-10-25(11-9-22)49-20-23-16-32(42-18-29(23)46-49)44-35(52)28-6-2-4-24(17-41)43-28/h2-7,16,18,20,22,25,27,31H,8-15,19,21H2,1H3,(H,44,52)(H,45,51,53). The maximum atomic E-state index is 16.1. The number of pyridine rings is 2. The van der Waals surface area contributed by atoms with E-state index in [0.717, 1.165) is 31.1 Å². The van der Waals surface area contributed by atoms with Crippen molar-refractivity contribution in [1.29, 1.82) is 5.26 Å². The van der Waals surface area contributed by atoms with Gasteiger partial charge in [-0.25, -0.2) is 23.5 Å². The molecule has 54 heavy (non-hydrogen) atoms. The second-order valence-electron chi connectivity index (χ2n) is 14.6. The van der Waals surface area contributed by atoms with Gasteiger partial charge in [0.2, 0.25) is 11.8 Å². The van der Waals surface area contributed by atoms with Crippen molar-refractivity contribution in [1.82, 2.24) is 39.1 Å². The summed E-state index contributed by atoms with van der Waals surface area (Å²) in [7, 11) is 1.54. The molecule has 3 aliphatic rings. The lowest BCUT2D eigenvalue weighted by Gasteiger charge is -2.41. The minimum absolute atomic E-state index is 0.0967. The first-order chi connectivity index (χ1) is 26.0. The van der Waals surface area contributed by atoms with Crippen molar-refractivity contribution in [3.05, 3.63) is 82.3 Å². The summed E-state index contributed by atoms with van der Waals surface area (Å²) >= 11 is 0. The average Bonchev–Trinajstić information content (AvgIpc) is 3.69. The maximum absolute atomic E-state index is 16.1. The number of nitrogens with zero attached hydrogens (tertiary/aromatic N) is 8. The van der Waals surface area contributed by atoms with E-state index in [-0.39, 0.29) is 49.2 Å². The number of halogens is 2. The van der Waals surface area contributed by atoms with Crippen molar-refractivity contribution in [2.45, 2.75) is 68.9 Å². The highest BCUT2D eigenvalue weighted by atomic mass is 19.3. The van der Waals surface area contributed by atoms with E-state index in [2.05, 4.69) is 20.6 Å². The van der Waals surface area contributed by atoms with Crippen molar-refractivity contribution in [2.75, 3.05) is 25.0 Å². The van der Waals surface area contributed by atoms with Gasteiger partial charge in [-0.2, -0.15) is 10.4 Å². The lowest BCUT2D eigenvalue weighted by Crippen LogP contribution is -2.49. The first-order valence-electron chi connectivity index (χ1n) is 18.2. The number of fused-ring (bicyclic) bond motifs is 2. The number of para-hydroxylation sites is 1. The van der Waals surface area contributed by atoms with Crippen LogP contribution in [0.2, 0.25) is 0 Å². The Morgan fingerprint density at radius 3 is 2.63 bits per heavy atom. The first kappa shape index (κ1) is 35.2. The van der Waals surface area contributed by atoms with Crippen LogP contribution >= 0.6 is 0 Å². The number of amides is 3. The number of hydrogen-bond acceptors (Lipinski definition) is 9. The van der Waals surface area contributed by atoms with E-state index in [1.165, 1.54) is 28.3 Å². The summed E-state index contributed by atoms with van der Waals surface area (Å²) < 4.78 is 36.8. The quantitative estimate of drug-likeness (QED) is 0.229. The van der Waals surface area contributed by atoms with Crippen LogP contribution in [0.25, 0.3) is 21.9 Å². The predicted molar refractivity (Wildman–Crippen MR) is 193 cm³/mol. The fourth-order valence-corrected chi connectivity index (χ4v) is 8.49. The van der Waals surface area contributed by atoms with Crippen LogP contribution in [-0.2, 0) is 16.6 Å². The third kappa shape index (κ3) is 6.53. The average molecular weight is 737 g/mol. The Labute approximate surface area is 307 Å². The fourth-order valence-electron chi connectivity index (χ4n) is 8.49. The van der Waals surface area contributed by atoms with Crippen LogP contribution < -0.4 is 16.3 Å². The van der Waals surface area contributed by atoms with Crippen LogP contribution in [0.5, 0.6) is 0 Å². The Balaban J connectivity index is 0.895. The lowest BCUT2D eigenvalue weighted by molar-refractivity contribution is -0.135. The Kier molecular flexibility index (Phi) is 9.05. The number of anilines is 1.